The van der Waals surface area contributed by atoms with Crippen LogP contribution in [-0.2, 0) is 0 Å². The number of nitrogens with zero attached hydrogens (tertiary/aromatic N) is 1. The van der Waals surface area contributed by atoms with Gasteiger partial charge >= 0.3 is 0 Å². The first kappa shape index (κ1) is 17.3. The first-order valence-corrected chi connectivity index (χ1v) is 4.08. The molecule has 74 valence electrons. The average Bonchev–Trinajstić information content (AvgIpc) is 2.44. The maximum Gasteiger partial charge on any atom is 0.123 e. The molecule has 0 aliphatic carbocycles. The van der Waals surface area contributed by atoms with Gasteiger partial charge in [-0.15, -0.1) is 0 Å². The second-order valence-electron chi connectivity index (χ2n) is 2.42. The third kappa shape index (κ3) is 35.0. The highest BCUT2D eigenvalue weighted by Gasteiger charge is 1.68. The second-order valence-corrected chi connectivity index (χ2v) is 2.42. The lowest BCUT2D eigenvalue weighted by Crippen LogP contribution is -1.66. The van der Waals surface area contributed by atoms with Crippen molar-refractivity contribution in [3.63, 3.8) is 0 Å². The minimum atomic E-state index is 0. The lowest BCUT2D eigenvalue weighted by Gasteiger charge is -1.79. The molecule has 1 rings (SSSR count). The van der Waals surface area contributed by atoms with Gasteiger partial charge in [0, 0.05) is 0 Å². The molecule has 1 aromatic heterocycles. The number of hydrogen-bond donors (Lipinski definition) is 0. The molecule has 0 bridgehead atoms. The van der Waals surface area contributed by atoms with Crippen molar-refractivity contribution < 1.29 is 4.52 Å². The summed E-state index contributed by atoms with van der Waals surface area (Å²) in [4.78, 5) is 0. The molecule has 0 amide bonds. The van der Waals surface area contributed by atoms with E-state index >= 15 is 0 Å². The van der Waals surface area contributed by atoms with Gasteiger partial charge in [-0.2, -0.15) is 0 Å². The monoisotopic (exact) mass is 173 g/mol. The molecule has 0 N–H and O–H groups in total. The first-order valence-electron chi connectivity index (χ1n) is 4.08. The quantitative estimate of drug-likeness (QED) is 0.592. The van der Waals surface area contributed by atoms with E-state index in [-0.39, 0.29) is 7.43 Å². The zero-order valence-electron chi connectivity index (χ0n) is 8.16. The largest absolute Gasteiger partial charge is 0.365 e. The van der Waals surface area contributed by atoms with Crippen LogP contribution in [0.2, 0.25) is 0 Å². The van der Waals surface area contributed by atoms with Crippen molar-refractivity contribution in [1.29, 1.82) is 0 Å². The van der Waals surface area contributed by atoms with Crippen LogP contribution < -0.4 is 0 Å². The highest BCUT2D eigenvalue weighted by molar-refractivity contribution is 4.67. The van der Waals surface area contributed by atoms with E-state index in [1.165, 1.54) is 6.26 Å². The highest BCUT2D eigenvalue weighted by atomic mass is 16.5. The number of rotatable bonds is 0. The van der Waals surface area contributed by atoms with Gasteiger partial charge in [-0.25, -0.2) is 0 Å². The van der Waals surface area contributed by atoms with Crippen LogP contribution in [-0.4, -0.2) is 5.16 Å². The second kappa shape index (κ2) is 16.7. The Bertz CT molecular complexity index is 93.4. The Morgan fingerprint density at radius 3 is 1.67 bits per heavy atom. The standard InChI is InChI=1S/C4H10.C3H3NO.C2H6.CH4/c1-4(2)3;1-2-4-5-3-1;1-2;/h4H,1-3H3;1-3H;1-2H3;1H4. The van der Waals surface area contributed by atoms with Crippen LogP contribution in [0.5, 0.6) is 0 Å². The summed E-state index contributed by atoms with van der Waals surface area (Å²) in [5.74, 6) is 0.833. The van der Waals surface area contributed by atoms with E-state index in [1.54, 1.807) is 12.3 Å². The van der Waals surface area contributed by atoms with Gasteiger partial charge in [-0.1, -0.05) is 47.2 Å². The molecule has 12 heavy (non-hydrogen) atoms. The van der Waals surface area contributed by atoms with E-state index in [9.17, 15) is 0 Å². The molecular formula is C10H23NO. The minimum absolute atomic E-state index is 0. The molecule has 0 unspecified atom stereocenters. The van der Waals surface area contributed by atoms with Crippen LogP contribution in [0.15, 0.2) is 23.0 Å². The molecule has 0 radical (unpaired) electrons. The third-order valence-electron chi connectivity index (χ3n) is 0.347. The molecule has 0 fully saturated rings. The fourth-order valence-electron chi connectivity index (χ4n) is 0.176. The molecule has 0 aliphatic rings. The van der Waals surface area contributed by atoms with Crippen LogP contribution in [0.1, 0.15) is 42.0 Å². The van der Waals surface area contributed by atoms with Gasteiger partial charge in [0.15, 0.2) is 0 Å². The third-order valence-corrected chi connectivity index (χ3v) is 0.347. The summed E-state index contributed by atoms with van der Waals surface area (Å²) in [7, 11) is 0. The van der Waals surface area contributed by atoms with E-state index in [0.717, 1.165) is 5.92 Å². The van der Waals surface area contributed by atoms with Crippen molar-refractivity contribution in [2.45, 2.75) is 42.0 Å². The Labute approximate surface area is 77.0 Å². The Kier molecular flexibility index (Phi) is 24.1. The summed E-state index contributed by atoms with van der Waals surface area (Å²) in [5.41, 5.74) is 0. The van der Waals surface area contributed by atoms with Gasteiger partial charge in [0.25, 0.3) is 0 Å². The molecular weight excluding hydrogens is 150 g/mol. The summed E-state index contributed by atoms with van der Waals surface area (Å²) in [6.07, 6.45) is 3.10. The van der Waals surface area contributed by atoms with E-state index in [1.807, 2.05) is 13.8 Å². The van der Waals surface area contributed by atoms with E-state index < -0.39 is 0 Å². The summed E-state index contributed by atoms with van der Waals surface area (Å²) in [5, 5.41) is 3.35. The first-order chi connectivity index (χ1) is 5.23. The number of hydrogen-bond acceptors (Lipinski definition) is 2. The molecule has 2 heteroatoms. The van der Waals surface area contributed by atoms with Crippen molar-refractivity contribution in [2.75, 3.05) is 0 Å². The summed E-state index contributed by atoms with van der Waals surface area (Å²) < 4.78 is 4.33. The van der Waals surface area contributed by atoms with Gasteiger partial charge in [-0.05, 0) is 12.0 Å². The molecule has 0 aromatic carbocycles. The SMILES string of the molecule is C.CC.CC(C)C.c1cnoc1. The molecule has 0 spiro atoms. The minimum Gasteiger partial charge on any atom is -0.365 e. The van der Waals surface area contributed by atoms with Crippen molar-refractivity contribution >= 4 is 0 Å². The molecule has 1 heterocycles. The Morgan fingerprint density at radius 2 is 1.58 bits per heavy atom. The molecule has 2 nitrogen and oxygen atoms in total. The van der Waals surface area contributed by atoms with Crippen molar-refractivity contribution in [1.82, 2.24) is 5.16 Å². The Hall–Kier alpha value is -0.790. The van der Waals surface area contributed by atoms with Gasteiger partial charge in [0.2, 0.25) is 0 Å². The highest BCUT2D eigenvalue weighted by Crippen LogP contribution is 1.81. The zero-order valence-corrected chi connectivity index (χ0v) is 8.16. The molecule has 0 aliphatic heterocycles. The van der Waals surface area contributed by atoms with Crippen LogP contribution in [0.4, 0.5) is 0 Å². The molecule has 0 saturated heterocycles. The van der Waals surface area contributed by atoms with E-state index in [4.69, 9.17) is 0 Å². The maximum atomic E-state index is 4.33. The van der Waals surface area contributed by atoms with Crippen LogP contribution in [0, 0.1) is 5.92 Å². The summed E-state index contributed by atoms with van der Waals surface area (Å²) >= 11 is 0. The smallest absolute Gasteiger partial charge is 0.123 e. The van der Waals surface area contributed by atoms with Crippen molar-refractivity contribution in [3.8, 4) is 0 Å². The van der Waals surface area contributed by atoms with Crippen LogP contribution >= 0.6 is 0 Å². The lowest BCUT2D eigenvalue weighted by molar-refractivity contribution is 0.420. The predicted octanol–water partition coefficient (Wildman–Crippen LogP) is 4.00. The fraction of sp³-hybridized carbons (Fsp3) is 0.700. The van der Waals surface area contributed by atoms with Gasteiger partial charge in [-0.3, -0.25) is 0 Å². The number of aromatic nitrogens is 1. The van der Waals surface area contributed by atoms with Crippen molar-refractivity contribution in [3.05, 3.63) is 18.5 Å². The van der Waals surface area contributed by atoms with Gasteiger partial charge < -0.3 is 4.52 Å². The van der Waals surface area contributed by atoms with E-state index in [0.29, 0.717) is 0 Å². The maximum absolute atomic E-state index is 4.33. The predicted molar refractivity (Wildman–Crippen MR) is 55.1 cm³/mol. The molecule has 0 saturated carbocycles. The van der Waals surface area contributed by atoms with E-state index in [2.05, 4.69) is 30.5 Å². The Morgan fingerprint density at radius 1 is 1.17 bits per heavy atom. The fourth-order valence-corrected chi connectivity index (χ4v) is 0.176. The van der Waals surface area contributed by atoms with Crippen LogP contribution in [0.25, 0.3) is 0 Å². The Balaban J connectivity index is -0.000000107. The lowest BCUT2D eigenvalue weighted by atomic mass is 10.3. The topological polar surface area (TPSA) is 26.0 Å². The van der Waals surface area contributed by atoms with Crippen LogP contribution in [0.3, 0.4) is 0 Å². The average molecular weight is 173 g/mol. The van der Waals surface area contributed by atoms with Gasteiger partial charge in [0.05, 0.1) is 6.20 Å². The summed E-state index contributed by atoms with van der Waals surface area (Å²) in [6, 6.07) is 1.72. The normalized spacial score (nSPS) is 6.83. The molecule has 1 aromatic rings. The summed E-state index contributed by atoms with van der Waals surface area (Å²) in [6.45, 7) is 10.5. The van der Waals surface area contributed by atoms with Crippen molar-refractivity contribution in [2.24, 2.45) is 5.92 Å². The zero-order chi connectivity index (χ0) is 9.11. The molecule has 0 atom stereocenters. The van der Waals surface area contributed by atoms with Gasteiger partial charge in [0.1, 0.15) is 6.26 Å².